The molecule has 4 nitrogen and oxygen atoms in total. The quantitative estimate of drug-likeness (QED) is 0.921. The van der Waals surface area contributed by atoms with Gasteiger partial charge in [0.05, 0.1) is 35.4 Å². The Hall–Kier alpha value is -0.390. The van der Waals surface area contributed by atoms with Crippen molar-refractivity contribution >= 4 is 23.2 Å². The van der Waals surface area contributed by atoms with Gasteiger partial charge in [0.1, 0.15) is 0 Å². The van der Waals surface area contributed by atoms with Crippen LogP contribution in [0.5, 0.6) is 0 Å². The van der Waals surface area contributed by atoms with Crippen molar-refractivity contribution in [3.05, 3.63) is 28.0 Å². The van der Waals surface area contributed by atoms with E-state index in [-0.39, 0.29) is 6.04 Å². The van der Waals surface area contributed by atoms with E-state index in [0.29, 0.717) is 29.8 Å². The molecule has 0 aromatic carbocycles. The minimum atomic E-state index is -0.454. The van der Waals surface area contributed by atoms with Crippen LogP contribution in [0.25, 0.3) is 0 Å². The zero-order valence-electron chi connectivity index (χ0n) is 10.1. The number of rotatable bonds is 4. The second kappa shape index (κ2) is 6.17. The molecule has 1 saturated heterocycles. The molecule has 0 unspecified atom stereocenters. The minimum Gasteiger partial charge on any atom is -0.389 e. The second-order valence-electron chi connectivity index (χ2n) is 4.32. The first-order valence-electron chi connectivity index (χ1n) is 5.91. The van der Waals surface area contributed by atoms with Crippen LogP contribution in [0.3, 0.4) is 0 Å². The fraction of sp³-hybridized carbons (Fsp3) is 0.583. The molecule has 0 spiro atoms. The lowest BCUT2D eigenvalue weighted by atomic mass is 10.1. The maximum Gasteiger partial charge on any atom is 0.0950 e. The van der Waals surface area contributed by atoms with E-state index in [1.54, 1.807) is 12.4 Å². The topological polar surface area (TPSA) is 45.6 Å². The van der Waals surface area contributed by atoms with Crippen molar-refractivity contribution in [3.8, 4) is 0 Å². The molecule has 0 amide bonds. The molecule has 1 aliphatic heterocycles. The van der Waals surface area contributed by atoms with Crippen LogP contribution in [0.2, 0.25) is 10.0 Å². The third-order valence-electron chi connectivity index (χ3n) is 3.21. The number of hydrogen-bond acceptors (Lipinski definition) is 4. The number of likely N-dealkylation sites (N-methyl/N-ethyl adjacent to an activating group) is 1. The average molecular weight is 291 g/mol. The molecule has 0 saturated carbocycles. The van der Waals surface area contributed by atoms with Crippen LogP contribution in [0, 0.1) is 0 Å². The van der Waals surface area contributed by atoms with Crippen molar-refractivity contribution in [3.63, 3.8) is 0 Å². The highest BCUT2D eigenvalue weighted by Crippen LogP contribution is 2.26. The molecule has 0 aliphatic carbocycles. The molecule has 2 atom stereocenters. The summed E-state index contributed by atoms with van der Waals surface area (Å²) in [6.07, 6.45) is 2.71. The summed E-state index contributed by atoms with van der Waals surface area (Å²) in [5.74, 6) is 0. The molecular formula is C12H16Cl2N2O2. The highest BCUT2D eigenvalue weighted by molar-refractivity contribution is 6.35. The largest absolute Gasteiger partial charge is 0.389 e. The Bertz CT molecular complexity index is 397. The Balaban J connectivity index is 2.15. The molecule has 1 aromatic heterocycles. The van der Waals surface area contributed by atoms with Gasteiger partial charge < -0.3 is 9.84 Å². The lowest BCUT2D eigenvalue weighted by Crippen LogP contribution is -2.42. The normalized spacial score (nSPS) is 23.8. The third kappa shape index (κ3) is 2.95. The molecular weight excluding hydrogens is 275 g/mol. The standard InChI is InChI=1S/C12H16Cl2N2O2/c1-2-16(11-6-18-7-12(11)17)5-8-9(13)3-15-4-10(8)14/h3-4,11-12,17H,2,5-7H2,1H3/t11-,12-/m0/s1. The van der Waals surface area contributed by atoms with Gasteiger partial charge in [-0.1, -0.05) is 30.1 Å². The Labute approximate surface area is 116 Å². The zero-order chi connectivity index (χ0) is 13.1. The number of aliphatic hydroxyl groups is 1. The highest BCUT2D eigenvalue weighted by Gasteiger charge is 2.31. The predicted octanol–water partition coefficient (Wildman–Crippen LogP) is 1.97. The zero-order valence-corrected chi connectivity index (χ0v) is 11.7. The highest BCUT2D eigenvalue weighted by atomic mass is 35.5. The molecule has 2 rings (SSSR count). The van der Waals surface area contributed by atoms with Crippen molar-refractivity contribution in [1.82, 2.24) is 9.88 Å². The predicted molar refractivity (Wildman–Crippen MR) is 71.0 cm³/mol. The number of nitrogens with zero attached hydrogens (tertiary/aromatic N) is 2. The van der Waals surface area contributed by atoms with Crippen LogP contribution >= 0.6 is 23.2 Å². The van der Waals surface area contributed by atoms with Crippen LogP contribution in [0.15, 0.2) is 12.4 Å². The van der Waals surface area contributed by atoms with Gasteiger partial charge in [0.2, 0.25) is 0 Å². The van der Waals surface area contributed by atoms with Gasteiger partial charge in [-0.3, -0.25) is 9.88 Å². The molecule has 0 radical (unpaired) electrons. The summed E-state index contributed by atoms with van der Waals surface area (Å²) in [7, 11) is 0. The van der Waals surface area contributed by atoms with Crippen molar-refractivity contribution < 1.29 is 9.84 Å². The second-order valence-corrected chi connectivity index (χ2v) is 5.13. The van der Waals surface area contributed by atoms with E-state index >= 15 is 0 Å². The number of ether oxygens (including phenoxy) is 1. The first-order valence-corrected chi connectivity index (χ1v) is 6.66. The molecule has 1 aliphatic rings. The van der Waals surface area contributed by atoms with Gasteiger partial charge in [0.25, 0.3) is 0 Å². The van der Waals surface area contributed by atoms with Gasteiger partial charge >= 0.3 is 0 Å². The molecule has 100 valence electrons. The van der Waals surface area contributed by atoms with Crippen LogP contribution < -0.4 is 0 Å². The van der Waals surface area contributed by atoms with Gasteiger partial charge in [-0.15, -0.1) is 0 Å². The van der Waals surface area contributed by atoms with Crippen molar-refractivity contribution in [1.29, 1.82) is 0 Å². The van der Waals surface area contributed by atoms with E-state index in [1.807, 2.05) is 6.92 Å². The van der Waals surface area contributed by atoms with Gasteiger partial charge in [0, 0.05) is 24.5 Å². The molecule has 1 N–H and O–H groups in total. The summed E-state index contributed by atoms with van der Waals surface area (Å²) in [6.45, 7) is 4.34. The van der Waals surface area contributed by atoms with Crippen LogP contribution in [-0.2, 0) is 11.3 Å². The van der Waals surface area contributed by atoms with Gasteiger partial charge in [-0.2, -0.15) is 0 Å². The lowest BCUT2D eigenvalue weighted by Gasteiger charge is -2.29. The number of aliphatic hydroxyl groups excluding tert-OH is 1. The monoisotopic (exact) mass is 290 g/mol. The number of hydrogen-bond donors (Lipinski definition) is 1. The van der Waals surface area contributed by atoms with Crippen molar-refractivity contribution in [2.75, 3.05) is 19.8 Å². The number of halogens is 2. The Morgan fingerprint density at radius 3 is 2.56 bits per heavy atom. The smallest absolute Gasteiger partial charge is 0.0950 e. The summed E-state index contributed by atoms with van der Waals surface area (Å²) >= 11 is 12.2. The van der Waals surface area contributed by atoms with Gasteiger partial charge in [-0.25, -0.2) is 0 Å². The number of aromatic nitrogens is 1. The minimum absolute atomic E-state index is 0.00435. The lowest BCUT2D eigenvalue weighted by molar-refractivity contribution is 0.0808. The number of pyridine rings is 1. The fourth-order valence-electron chi connectivity index (χ4n) is 2.14. The van der Waals surface area contributed by atoms with Gasteiger partial charge in [0.15, 0.2) is 0 Å². The molecule has 18 heavy (non-hydrogen) atoms. The summed E-state index contributed by atoms with van der Waals surface area (Å²) < 4.78 is 5.28. The van der Waals surface area contributed by atoms with E-state index in [1.165, 1.54) is 0 Å². The van der Waals surface area contributed by atoms with Crippen LogP contribution in [0.1, 0.15) is 12.5 Å². The van der Waals surface area contributed by atoms with Gasteiger partial charge in [-0.05, 0) is 6.54 Å². The maximum atomic E-state index is 9.86. The molecule has 6 heteroatoms. The summed E-state index contributed by atoms with van der Waals surface area (Å²) in [6, 6.07) is -0.00435. The van der Waals surface area contributed by atoms with E-state index < -0.39 is 6.10 Å². The summed E-state index contributed by atoms with van der Waals surface area (Å²) in [4.78, 5) is 6.05. The Kier molecular flexibility index (Phi) is 4.81. The third-order valence-corrected chi connectivity index (χ3v) is 3.86. The first-order chi connectivity index (χ1) is 8.63. The molecule has 1 aromatic rings. The van der Waals surface area contributed by atoms with E-state index in [0.717, 1.165) is 12.1 Å². The van der Waals surface area contributed by atoms with Crippen LogP contribution in [-0.4, -0.2) is 46.9 Å². The average Bonchev–Trinajstić information content (AvgIpc) is 2.76. The van der Waals surface area contributed by atoms with Crippen molar-refractivity contribution in [2.45, 2.75) is 25.6 Å². The Morgan fingerprint density at radius 2 is 2.06 bits per heavy atom. The first kappa shape index (κ1) is 14.0. The molecule has 2 heterocycles. The fourth-order valence-corrected chi connectivity index (χ4v) is 2.62. The molecule has 0 bridgehead atoms. The van der Waals surface area contributed by atoms with Crippen molar-refractivity contribution in [2.24, 2.45) is 0 Å². The van der Waals surface area contributed by atoms with E-state index in [9.17, 15) is 5.11 Å². The van der Waals surface area contributed by atoms with E-state index in [2.05, 4.69) is 9.88 Å². The SMILES string of the molecule is CCN(Cc1c(Cl)cncc1Cl)[C@H]1COC[C@@H]1O. The van der Waals surface area contributed by atoms with E-state index in [4.69, 9.17) is 27.9 Å². The summed E-state index contributed by atoms with van der Waals surface area (Å²) in [5, 5.41) is 11.0. The Morgan fingerprint density at radius 1 is 1.39 bits per heavy atom. The summed E-state index contributed by atoms with van der Waals surface area (Å²) in [5.41, 5.74) is 0.842. The molecule has 1 fully saturated rings. The maximum absolute atomic E-state index is 9.86. The van der Waals surface area contributed by atoms with Crippen LogP contribution in [0.4, 0.5) is 0 Å².